The first-order valence-corrected chi connectivity index (χ1v) is 10.2. The van der Waals surface area contributed by atoms with E-state index in [0.29, 0.717) is 6.61 Å². The second kappa shape index (κ2) is 10.2. The van der Waals surface area contributed by atoms with E-state index in [1.54, 1.807) is 12.1 Å². The Morgan fingerprint density at radius 3 is 2.26 bits per heavy atom. The highest BCUT2D eigenvalue weighted by Gasteiger charge is 2.16. The van der Waals surface area contributed by atoms with Crippen molar-refractivity contribution in [3.05, 3.63) is 54.1 Å². The number of rotatable bonds is 9. The van der Waals surface area contributed by atoms with Crippen LogP contribution in [0, 0.1) is 0 Å². The van der Waals surface area contributed by atoms with Gasteiger partial charge in [-0.05, 0) is 61.2 Å². The van der Waals surface area contributed by atoms with Crippen LogP contribution in [0.4, 0.5) is 5.69 Å². The number of aryl methyl sites for hydroxylation is 1. The molecule has 3 rings (SSSR count). The second-order valence-corrected chi connectivity index (χ2v) is 7.29. The molecule has 4 nitrogen and oxygen atoms in total. The van der Waals surface area contributed by atoms with Crippen LogP contribution in [0.2, 0.25) is 0 Å². The van der Waals surface area contributed by atoms with Crippen molar-refractivity contribution in [1.82, 2.24) is 4.90 Å². The summed E-state index contributed by atoms with van der Waals surface area (Å²) < 4.78 is 5.73. The van der Waals surface area contributed by atoms with Crippen LogP contribution in [0.5, 0.6) is 11.5 Å². The van der Waals surface area contributed by atoms with Crippen LogP contribution in [-0.4, -0.2) is 49.3 Å². The normalized spacial score (nSPS) is 15.1. The summed E-state index contributed by atoms with van der Waals surface area (Å²) >= 11 is 0. The number of hydrogen-bond donors (Lipinski definition) is 1. The molecule has 2 aromatic carbocycles. The Balaban J connectivity index is 1.34. The predicted molar refractivity (Wildman–Crippen MR) is 112 cm³/mol. The molecule has 0 atom stereocenters. The first kappa shape index (κ1) is 19.6. The summed E-state index contributed by atoms with van der Waals surface area (Å²) in [5.41, 5.74) is 2.80. The molecule has 1 heterocycles. The first-order chi connectivity index (χ1) is 13.2. The summed E-state index contributed by atoms with van der Waals surface area (Å²) in [5, 5.41) is 9.28. The molecule has 0 amide bonds. The third-order valence-electron chi connectivity index (χ3n) is 5.22. The van der Waals surface area contributed by atoms with Crippen molar-refractivity contribution in [3.8, 4) is 11.5 Å². The van der Waals surface area contributed by atoms with Gasteiger partial charge in [0.15, 0.2) is 0 Å². The van der Waals surface area contributed by atoms with Crippen molar-refractivity contribution in [2.24, 2.45) is 0 Å². The maximum atomic E-state index is 9.28. The Morgan fingerprint density at radius 1 is 0.889 bits per heavy atom. The average molecular weight is 369 g/mol. The lowest BCUT2D eigenvalue weighted by atomic mass is 10.1. The monoisotopic (exact) mass is 368 g/mol. The molecule has 1 N–H and O–H groups in total. The zero-order chi connectivity index (χ0) is 18.9. The SMILES string of the molecule is CCCCc1ccc(N2CCN(CCCOc3ccc(O)cc3)CC2)cc1. The van der Waals surface area contributed by atoms with Gasteiger partial charge in [-0.25, -0.2) is 0 Å². The van der Waals surface area contributed by atoms with Crippen LogP contribution in [-0.2, 0) is 6.42 Å². The molecule has 0 spiro atoms. The number of unbranched alkanes of at least 4 members (excludes halogenated alkanes) is 1. The molecule has 1 saturated heterocycles. The number of benzene rings is 2. The fraction of sp³-hybridized carbons (Fsp3) is 0.478. The van der Waals surface area contributed by atoms with Gasteiger partial charge in [-0.1, -0.05) is 25.5 Å². The number of piperazine rings is 1. The maximum Gasteiger partial charge on any atom is 0.119 e. The van der Waals surface area contributed by atoms with Crippen LogP contribution >= 0.6 is 0 Å². The third-order valence-corrected chi connectivity index (χ3v) is 5.22. The van der Waals surface area contributed by atoms with E-state index in [9.17, 15) is 5.11 Å². The lowest BCUT2D eigenvalue weighted by molar-refractivity contribution is 0.224. The smallest absolute Gasteiger partial charge is 0.119 e. The summed E-state index contributed by atoms with van der Waals surface area (Å²) in [7, 11) is 0. The molecule has 1 fully saturated rings. The fourth-order valence-electron chi connectivity index (χ4n) is 3.50. The van der Waals surface area contributed by atoms with Gasteiger partial charge in [-0.2, -0.15) is 0 Å². The molecular formula is C23H32N2O2. The van der Waals surface area contributed by atoms with Gasteiger partial charge in [0, 0.05) is 38.4 Å². The van der Waals surface area contributed by atoms with Crippen molar-refractivity contribution >= 4 is 5.69 Å². The van der Waals surface area contributed by atoms with E-state index in [0.717, 1.165) is 44.9 Å². The van der Waals surface area contributed by atoms with E-state index in [-0.39, 0.29) is 5.75 Å². The lowest BCUT2D eigenvalue weighted by Crippen LogP contribution is -2.46. The van der Waals surface area contributed by atoms with Crippen LogP contribution in [0.1, 0.15) is 31.7 Å². The van der Waals surface area contributed by atoms with Gasteiger partial charge in [0.2, 0.25) is 0 Å². The minimum Gasteiger partial charge on any atom is -0.508 e. The van der Waals surface area contributed by atoms with E-state index in [4.69, 9.17) is 4.74 Å². The highest BCUT2D eigenvalue weighted by atomic mass is 16.5. The van der Waals surface area contributed by atoms with Crippen LogP contribution in [0.25, 0.3) is 0 Å². The Bertz CT molecular complexity index is 662. The van der Waals surface area contributed by atoms with Gasteiger partial charge in [0.1, 0.15) is 11.5 Å². The number of phenolic OH excluding ortho intramolecular Hbond substituents is 1. The van der Waals surface area contributed by atoms with E-state index < -0.39 is 0 Å². The predicted octanol–water partition coefficient (Wildman–Crippen LogP) is 4.33. The molecule has 4 heteroatoms. The summed E-state index contributed by atoms with van der Waals surface area (Å²) in [5.74, 6) is 1.09. The van der Waals surface area contributed by atoms with Gasteiger partial charge in [0.25, 0.3) is 0 Å². The largest absolute Gasteiger partial charge is 0.508 e. The van der Waals surface area contributed by atoms with E-state index in [1.807, 2.05) is 12.1 Å². The summed E-state index contributed by atoms with van der Waals surface area (Å²) in [6.45, 7) is 8.42. The van der Waals surface area contributed by atoms with Crippen LogP contribution in [0.3, 0.4) is 0 Å². The minimum atomic E-state index is 0.274. The Morgan fingerprint density at radius 2 is 1.59 bits per heavy atom. The summed E-state index contributed by atoms with van der Waals surface area (Å²) in [6, 6.07) is 16.1. The van der Waals surface area contributed by atoms with Crippen molar-refractivity contribution < 1.29 is 9.84 Å². The molecule has 1 aliphatic rings. The van der Waals surface area contributed by atoms with Crippen molar-refractivity contribution in [3.63, 3.8) is 0 Å². The fourth-order valence-corrected chi connectivity index (χ4v) is 3.50. The average Bonchev–Trinajstić information content (AvgIpc) is 2.72. The third kappa shape index (κ3) is 6.17. The number of ether oxygens (including phenoxy) is 1. The number of phenols is 1. The highest BCUT2D eigenvalue weighted by Crippen LogP contribution is 2.19. The summed E-state index contributed by atoms with van der Waals surface area (Å²) in [6.07, 6.45) is 4.74. The van der Waals surface area contributed by atoms with Crippen molar-refractivity contribution in [2.75, 3.05) is 44.2 Å². The molecule has 0 aromatic heterocycles. The van der Waals surface area contributed by atoms with E-state index in [2.05, 4.69) is 41.0 Å². The quantitative estimate of drug-likeness (QED) is 0.669. The second-order valence-electron chi connectivity index (χ2n) is 7.29. The van der Waals surface area contributed by atoms with Gasteiger partial charge in [-0.3, -0.25) is 4.90 Å². The molecule has 0 unspecified atom stereocenters. The Hall–Kier alpha value is -2.20. The number of aromatic hydroxyl groups is 1. The number of nitrogens with zero attached hydrogens (tertiary/aromatic N) is 2. The minimum absolute atomic E-state index is 0.274. The number of hydrogen-bond acceptors (Lipinski definition) is 4. The topological polar surface area (TPSA) is 35.9 Å². The zero-order valence-corrected chi connectivity index (χ0v) is 16.4. The van der Waals surface area contributed by atoms with Gasteiger partial charge >= 0.3 is 0 Å². The molecular weight excluding hydrogens is 336 g/mol. The van der Waals surface area contributed by atoms with Gasteiger partial charge < -0.3 is 14.7 Å². The zero-order valence-electron chi connectivity index (χ0n) is 16.4. The highest BCUT2D eigenvalue weighted by molar-refractivity contribution is 5.48. The molecule has 2 aromatic rings. The maximum absolute atomic E-state index is 9.28. The van der Waals surface area contributed by atoms with Crippen LogP contribution < -0.4 is 9.64 Å². The lowest BCUT2D eigenvalue weighted by Gasteiger charge is -2.36. The van der Waals surface area contributed by atoms with Gasteiger partial charge in [0.05, 0.1) is 6.61 Å². The summed E-state index contributed by atoms with van der Waals surface area (Å²) in [4.78, 5) is 5.01. The molecule has 0 bridgehead atoms. The molecule has 27 heavy (non-hydrogen) atoms. The Labute approximate surface area is 163 Å². The first-order valence-electron chi connectivity index (χ1n) is 10.2. The molecule has 146 valence electrons. The van der Waals surface area contributed by atoms with E-state index >= 15 is 0 Å². The van der Waals surface area contributed by atoms with E-state index in [1.165, 1.54) is 30.5 Å². The standard InChI is InChI=1S/C23H32N2O2/c1-2-3-5-20-6-8-21(9-7-20)25-17-15-24(16-18-25)14-4-19-27-23-12-10-22(26)11-13-23/h6-13,26H,2-5,14-19H2,1H3. The molecule has 1 aliphatic heterocycles. The van der Waals surface area contributed by atoms with Gasteiger partial charge in [-0.15, -0.1) is 0 Å². The van der Waals surface area contributed by atoms with Crippen molar-refractivity contribution in [1.29, 1.82) is 0 Å². The van der Waals surface area contributed by atoms with Crippen LogP contribution in [0.15, 0.2) is 48.5 Å². The molecule has 0 radical (unpaired) electrons. The molecule has 0 saturated carbocycles. The Kier molecular flexibility index (Phi) is 7.40. The van der Waals surface area contributed by atoms with Crippen molar-refractivity contribution in [2.45, 2.75) is 32.6 Å². The number of anilines is 1. The molecule has 0 aliphatic carbocycles.